The van der Waals surface area contributed by atoms with Gasteiger partial charge >= 0.3 is 0 Å². The standard InChI is InChI=1S/C27H28ClFN6O2/c28-23-13-19(3-5-24(23)29)33-26-21-14-20(4-6-25(21)31-17-32-26)35-15-18(7-12-36)22(16-35)27(37)30-8-11-34-9-1-2-10-34/h3-6,13-17,36H,1-2,7-12H2,(H,30,37)(H,31,32,33). The molecule has 3 N–H and O–H groups in total. The van der Waals surface area contributed by atoms with E-state index >= 15 is 0 Å². The predicted octanol–water partition coefficient (Wildman–Crippen LogP) is 4.32. The monoisotopic (exact) mass is 522 g/mol. The topological polar surface area (TPSA) is 95.3 Å². The summed E-state index contributed by atoms with van der Waals surface area (Å²) >= 11 is 5.93. The van der Waals surface area contributed by atoms with Gasteiger partial charge in [0, 0.05) is 48.9 Å². The normalized spacial score (nSPS) is 13.8. The molecule has 0 unspecified atom stereocenters. The third-order valence-corrected chi connectivity index (χ3v) is 6.84. The van der Waals surface area contributed by atoms with E-state index in [-0.39, 0.29) is 17.5 Å². The summed E-state index contributed by atoms with van der Waals surface area (Å²) < 4.78 is 15.4. The number of amides is 1. The summed E-state index contributed by atoms with van der Waals surface area (Å²) in [5.41, 5.74) is 3.43. The van der Waals surface area contributed by atoms with Crippen molar-refractivity contribution in [3.8, 4) is 5.69 Å². The van der Waals surface area contributed by atoms with E-state index < -0.39 is 5.82 Å². The summed E-state index contributed by atoms with van der Waals surface area (Å²) in [5, 5.41) is 16.5. The van der Waals surface area contributed by atoms with Gasteiger partial charge in [-0.05, 0) is 74.3 Å². The van der Waals surface area contributed by atoms with Crippen LogP contribution in [0, 0.1) is 5.82 Å². The average Bonchev–Trinajstić information content (AvgIpc) is 3.57. The average molecular weight is 523 g/mol. The smallest absolute Gasteiger partial charge is 0.253 e. The second kappa shape index (κ2) is 11.2. The quantitative estimate of drug-likeness (QED) is 0.303. The predicted molar refractivity (Wildman–Crippen MR) is 142 cm³/mol. The highest BCUT2D eigenvalue weighted by Crippen LogP contribution is 2.28. The van der Waals surface area contributed by atoms with Gasteiger partial charge in [-0.1, -0.05) is 11.6 Å². The second-order valence-corrected chi connectivity index (χ2v) is 9.47. The highest BCUT2D eigenvalue weighted by atomic mass is 35.5. The van der Waals surface area contributed by atoms with Gasteiger partial charge < -0.3 is 25.2 Å². The van der Waals surface area contributed by atoms with E-state index in [4.69, 9.17) is 11.6 Å². The van der Waals surface area contributed by atoms with Crippen molar-refractivity contribution in [2.45, 2.75) is 19.3 Å². The van der Waals surface area contributed by atoms with Crippen LogP contribution in [0.25, 0.3) is 16.6 Å². The lowest BCUT2D eigenvalue weighted by atomic mass is 10.1. The van der Waals surface area contributed by atoms with Gasteiger partial charge in [-0.25, -0.2) is 14.4 Å². The van der Waals surface area contributed by atoms with Crippen molar-refractivity contribution in [3.05, 3.63) is 77.1 Å². The Balaban J connectivity index is 1.41. The molecule has 10 heteroatoms. The highest BCUT2D eigenvalue weighted by Gasteiger charge is 2.17. The molecule has 2 aromatic carbocycles. The van der Waals surface area contributed by atoms with E-state index in [1.165, 1.54) is 31.3 Å². The van der Waals surface area contributed by atoms with Gasteiger partial charge in [0.05, 0.1) is 16.1 Å². The Morgan fingerprint density at radius 3 is 2.73 bits per heavy atom. The molecule has 0 radical (unpaired) electrons. The fourth-order valence-electron chi connectivity index (χ4n) is 4.61. The zero-order chi connectivity index (χ0) is 25.8. The maximum atomic E-state index is 13.6. The van der Waals surface area contributed by atoms with Gasteiger partial charge in [0.2, 0.25) is 0 Å². The number of fused-ring (bicyclic) bond motifs is 1. The number of carbonyl (C=O) groups is 1. The number of anilines is 2. The number of halogens is 2. The summed E-state index contributed by atoms with van der Waals surface area (Å²) in [6.45, 7) is 3.52. The molecule has 0 saturated carbocycles. The lowest BCUT2D eigenvalue weighted by Crippen LogP contribution is -2.33. The Morgan fingerprint density at radius 1 is 1.11 bits per heavy atom. The number of hydrogen-bond donors (Lipinski definition) is 3. The lowest BCUT2D eigenvalue weighted by molar-refractivity contribution is 0.0949. The van der Waals surface area contributed by atoms with Crippen molar-refractivity contribution in [2.24, 2.45) is 0 Å². The fraction of sp³-hybridized carbons (Fsp3) is 0.296. The molecule has 2 aromatic heterocycles. The van der Waals surface area contributed by atoms with E-state index in [0.717, 1.165) is 41.8 Å². The van der Waals surface area contributed by atoms with Crippen LogP contribution in [-0.4, -0.2) is 63.2 Å². The van der Waals surface area contributed by atoms with Gasteiger partial charge in [-0.15, -0.1) is 0 Å². The number of aliphatic hydroxyl groups is 1. The number of hydrogen-bond acceptors (Lipinski definition) is 6. The Hall–Kier alpha value is -3.53. The van der Waals surface area contributed by atoms with Crippen LogP contribution in [-0.2, 0) is 6.42 Å². The maximum absolute atomic E-state index is 13.6. The number of carbonyl (C=O) groups excluding carboxylic acids is 1. The van der Waals surface area contributed by atoms with Crippen molar-refractivity contribution < 1.29 is 14.3 Å². The van der Waals surface area contributed by atoms with Gasteiger partial charge in [-0.3, -0.25) is 4.79 Å². The first-order chi connectivity index (χ1) is 18.0. The minimum atomic E-state index is -0.496. The number of likely N-dealkylation sites (tertiary alicyclic amines) is 1. The molecule has 5 rings (SSSR count). The molecule has 8 nitrogen and oxygen atoms in total. The van der Waals surface area contributed by atoms with E-state index in [1.807, 2.05) is 29.0 Å². The third-order valence-electron chi connectivity index (χ3n) is 6.55. The Bertz CT molecular complexity index is 1420. The zero-order valence-electron chi connectivity index (χ0n) is 20.3. The van der Waals surface area contributed by atoms with Crippen molar-refractivity contribution in [2.75, 3.05) is 38.1 Å². The van der Waals surface area contributed by atoms with E-state index in [0.29, 0.717) is 30.0 Å². The molecule has 0 bridgehead atoms. The summed E-state index contributed by atoms with van der Waals surface area (Å²) in [4.78, 5) is 24.1. The minimum Gasteiger partial charge on any atom is -0.396 e. The Morgan fingerprint density at radius 2 is 1.95 bits per heavy atom. The van der Waals surface area contributed by atoms with Crippen molar-refractivity contribution >= 4 is 39.9 Å². The van der Waals surface area contributed by atoms with Crippen LogP contribution in [0.2, 0.25) is 5.02 Å². The van der Waals surface area contributed by atoms with Crippen LogP contribution >= 0.6 is 11.6 Å². The number of nitrogens with one attached hydrogen (secondary N) is 2. The molecular weight excluding hydrogens is 495 g/mol. The highest BCUT2D eigenvalue weighted by molar-refractivity contribution is 6.31. The molecule has 1 aliphatic heterocycles. The molecule has 1 aliphatic rings. The molecule has 192 valence electrons. The summed E-state index contributed by atoms with van der Waals surface area (Å²) in [6, 6.07) is 10.1. The molecule has 0 aliphatic carbocycles. The molecule has 37 heavy (non-hydrogen) atoms. The SMILES string of the molecule is O=C(NCCN1CCCC1)c1cn(-c2ccc3ncnc(Nc4ccc(F)c(Cl)c4)c3c2)cc1CCO. The zero-order valence-corrected chi connectivity index (χ0v) is 21.0. The molecule has 1 amide bonds. The third kappa shape index (κ3) is 5.74. The van der Waals surface area contributed by atoms with Crippen molar-refractivity contribution in [1.82, 2.24) is 24.8 Å². The molecular formula is C27H28ClFN6O2. The Labute approximate surface area is 219 Å². The number of aliphatic hydroxyl groups excluding tert-OH is 1. The van der Waals surface area contributed by atoms with E-state index in [2.05, 4.69) is 25.5 Å². The largest absolute Gasteiger partial charge is 0.396 e. The first-order valence-electron chi connectivity index (χ1n) is 12.3. The summed E-state index contributed by atoms with van der Waals surface area (Å²) in [6.07, 6.45) is 7.90. The van der Waals surface area contributed by atoms with Crippen molar-refractivity contribution in [3.63, 3.8) is 0 Å². The molecule has 1 fully saturated rings. The number of rotatable bonds is 9. The second-order valence-electron chi connectivity index (χ2n) is 9.06. The van der Waals surface area contributed by atoms with Crippen LogP contribution in [0.3, 0.4) is 0 Å². The first-order valence-corrected chi connectivity index (χ1v) is 12.7. The van der Waals surface area contributed by atoms with Crippen LogP contribution in [0.5, 0.6) is 0 Å². The number of aromatic nitrogens is 3. The van der Waals surface area contributed by atoms with Gasteiger partial charge in [-0.2, -0.15) is 0 Å². The molecule has 3 heterocycles. The van der Waals surface area contributed by atoms with Crippen LogP contribution in [0.1, 0.15) is 28.8 Å². The molecule has 1 saturated heterocycles. The van der Waals surface area contributed by atoms with Gasteiger partial charge in [0.25, 0.3) is 5.91 Å². The fourth-order valence-corrected chi connectivity index (χ4v) is 4.79. The van der Waals surface area contributed by atoms with Crippen LogP contribution in [0.15, 0.2) is 55.1 Å². The van der Waals surface area contributed by atoms with E-state index in [1.54, 1.807) is 12.3 Å². The minimum absolute atomic E-state index is 0.0130. The van der Waals surface area contributed by atoms with Crippen LogP contribution < -0.4 is 10.6 Å². The summed E-state index contributed by atoms with van der Waals surface area (Å²) in [5.74, 6) is -0.109. The Kier molecular flexibility index (Phi) is 7.64. The molecule has 0 spiro atoms. The molecule has 4 aromatic rings. The van der Waals surface area contributed by atoms with Crippen molar-refractivity contribution in [1.29, 1.82) is 0 Å². The van der Waals surface area contributed by atoms with Crippen LogP contribution in [0.4, 0.5) is 15.9 Å². The van der Waals surface area contributed by atoms with Gasteiger partial charge in [0.15, 0.2) is 0 Å². The summed E-state index contributed by atoms with van der Waals surface area (Å²) in [7, 11) is 0. The van der Waals surface area contributed by atoms with E-state index in [9.17, 15) is 14.3 Å². The first kappa shape index (κ1) is 25.1. The maximum Gasteiger partial charge on any atom is 0.253 e. The number of nitrogens with zero attached hydrogens (tertiary/aromatic N) is 4. The number of benzene rings is 2. The van der Waals surface area contributed by atoms with Gasteiger partial charge in [0.1, 0.15) is 18.0 Å². The molecule has 0 atom stereocenters. The lowest BCUT2D eigenvalue weighted by Gasteiger charge is -2.14.